The van der Waals surface area contributed by atoms with Crippen LogP contribution in [0, 0.1) is 11.3 Å². The van der Waals surface area contributed by atoms with E-state index in [1.54, 1.807) is 16.7 Å². The van der Waals surface area contributed by atoms with Crippen molar-refractivity contribution in [3.8, 4) is 5.75 Å². The van der Waals surface area contributed by atoms with Crippen LogP contribution in [-0.4, -0.2) is 74.1 Å². The molecule has 2 aliphatic rings. The molecule has 1 aromatic rings. The maximum absolute atomic E-state index is 11.7. The molecule has 1 unspecified atom stereocenters. The third-order valence-corrected chi connectivity index (χ3v) is 6.75. The lowest BCUT2D eigenvalue weighted by atomic mass is 9.66. The molecule has 2 fully saturated rings. The van der Waals surface area contributed by atoms with Crippen LogP contribution in [0.3, 0.4) is 0 Å². The van der Waals surface area contributed by atoms with Gasteiger partial charge in [0.15, 0.2) is 0 Å². The number of alkyl halides is 3. The number of hydrogen-bond donors (Lipinski definition) is 1. The van der Waals surface area contributed by atoms with Gasteiger partial charge < -0.3 is 14.6 Å². The molecule has 0 bridgehead atoms. The normalized spacial score (nSPS) is 22.1. The highest BCUT2D eigenvalue weighted by Gasteiger charge is 2.45. The summed E-state index contributed by atoms with van der Waals surface area (Å²) in [6, 6.07) is 3.75. The van der Waals surface area contributed by atoms with E-state index < -0.39 is 22.2 Å². The summed E-state index contributed by atoms with van der Waals surface area (Å²) in [5.41, 5.74) is 0.127. The van der Waals surface area contributed by atoms with Crippen molar-refractivity contribution in [2.75, 3.05) is 39.2 Å². The molecule has 0 amide bonds. The molecule has 170 valence electrons. The second-order valence-electron chi connectivity index (χ2n) is 7.35. The van der Waals surface area contributed by atoms with E-state index in [0.29, 0.717) is 26.3 Å². The number of carboxylic acid groups (broad SMARTS) is 1. The molecule has 0 aromatic carbocycles. The molecule has 0 saturated carbocycles. The van der Waals surface area contributed by atoms with E-state index in [1.807, 2.05) is 12.1 Å². The summed E-state index contributed by atoms with van der Waals surface area (Å²) in [5.74, 6) is -1.70. The highest BCUT2D eigenvalue weighted by Crippen LogP contribution is 2.45. The Balaban J connectivity index is 0.000000396. The van der Waals surface area contributed by atoms with Crippen LogP contribution >= 0.6 is 0 Å². The second-order valence-corrected chi connectivity index (χ2v) is 9.33. The van der Waals surface area contributed by atoms with Gasteiger partial charge in [0.25, 0.3) is 0 Å². The average Bonchev–Trinajstić information content (AvgIpc) is 2.68. The zero-order valence-electron chi connectivity index (χ0n) is 16.5. The molecule has 0 radical (unpaired) electrons. The van der Waals surface area contributed by atoms with Crippen LogP contribution in [0.4, 0.5) is 13.2 Å². The number of sulfonamides is 1. The predicted octanol–water partition coefficient (Wildman–Crippen LogP) is 2.17. The number of piperidine rings is 1. The van der Waals surface area contributed by atoms with Crippen LogP contribution in [0.1, 0.15) is 19.3 Å². The first kappa shape index (κ1) is 24.4. The number of nitrogens with zero attached hydrogens (tertiary/aromatic N) is 2. The minimum atomic E-state index is -5.08. The number of aromatic nitrogens is 1. The van der Waals surface area contributed by atoms with Gasteiger partial charge in [-0.2, -0.15) is 13.2 Å². The number of aliphatic carboxylic acids is 1. The van der Waals surface area contributed by atoms with Crippen LogP contribution in [0.5, 0.6) is 5.75 Å². The van der Waals surface area contributed by atoms with Gasteiger partial charge >= 0.3 is 12.1 Å². The molecule has 8 nitrogen and oxygen atoms in total. The lowest BCUT2D eigenvalue weighted by molar-refractivity contribution is -0.192. The van der Waals surface area contributed by atoms with Crippen LogP contribution < -0.4 is 4.74 Å². The van der Waals surface area contributed by atoms with Gasteiger partial charge in [-0.3, -0.25) is 4.98 Å². The van der Waals surface area contributed by atoms with Crippen molar-refractivity contribution in [1.29, 1.82) is 0 Å². The minimum absolute atomic E-state index is 0.127. The van der Waals surface area contributed by atoms with E-state index in [1.165, 1.54) is 6.26 Å². The van der Waals surface area contributed by atoms with Gasteiger partial charge in [0.2, 0.25) is 10.0 Å². The first-order chi connectivity index (χ1) is 13.9. The first-order valence-electron chi connectivity index (χ1n) is 9.30. The maximum atomic E-state index is 11.7. The van der Waals surface area contributed by atoms with Crippen molar-refractivity contribution in [1.82, 2.24) is 9.29 Å². The number of pyridine rings is 1. The molecule has 12 heteroatoms. The summed E-state index contributed by atoms with van der Waals surface area (Å²) in [4.78, 5) is 13.0. The molecule has 1 atom stereocenters. The molecule has 2 saturated heterocycles. The first-order valence-corrected chi connectivity index (χ1v) is 11.1. The number of carbonyl (C=O) groups is 1. The zero-order chi connectivity index (χ0) is 22.4. The number of halogens is 3. The van der Waals surface area contributed by atoms with Crippen LogP contribution in [0.25, 0.3) is 0 Å². The smallest absolute Gasteiger partial charge is 0.490 e. The fourth-order valence-corrected chi connectivity index (χ4v) is 4.50. The van der Waals surface area contributed by atoms with E-state index in [-0.39, 0.29) is 11.3 Å². The number of carboxylic acids is 1. The highest BCUT2D eigenvalue weighted by atomic mass is 32.2. The summed E-state index contributed by atoms with van der Waals surface area (Å²) in [6.07, 6.45) is 2.38. The van der Waals surface area contributed by atoms with Gasteiger partial charge in [0.1, 0.15) is 5.75 Å². The average molecular weight is 454 g/mol. The van der Waals surface area contributed by atoms with Crippen LogP contribution in [0.2, 0.25) is 0 Å². The van der Waals surface area contributed by atoms with Gasteiger partial charge in [-0.15, -0.1) is 0 Å². The Morgan fingerprint density at radius 3 is 2.50 bits per heavy atom. The van der Waals surface area contributed by atoms with Crippen molar-refractivity contribution in [2.45, 2.75) is 25.4 Å². The lowest BCUT2D eigenvalue weighted by Gasteiger charge is -2.48. The van der Waals surface area contributed by atoms with E-state index in [4.69, 9.17) is 19.4 Å². The Labute approximate surface area is 173 Å². The largest absolute Gasteiger partial charge is 0.492 e. The SMILES string of the molecule is CS(=O)(=O)N1CCC2(CCOCC2COc2cccnc2)CC1.O=C(O)C(F)(F)F. The molecule has 3 heterocycles. The van der Waals surface area contributed by atoms with Gasteiger partial charge in [-0.25, -0.2) is 17.5 Å². The van der Waals surface area contributed by atoms with E-state index in [2.05, 4.69) is 4.98 Å². The van der Waals surface area contributed by atoms with E-state index in [0.717, 1.165) is 31.6 Å². The summed E-state index contributed by atoms with van der Waals surface area (Å²) in [6.45, 7) is 3.22. The quantitative estimate of drug-likeness (QED) is 0.743. The van der Waals surface area contributed by atoms with Gasteiger partial charge in [0, 0.05) is 31.8 Å². The summed E-state index contributed by atoms with van der Waals surface area (Å²) in [5, 5.41) is 7.12. The Bertz CT molecular complexity index is 796. The predicted molar refractivity (Wildman–Crippen MR) is 100 cm³/mol. The molecule has 1 N–H and O–H groups in total. The molecule has 1 spiro atoms. The summed E-state index contributed by atoms with van der Waals surface area (Å²) in [7, 11) is -3.09. The molecule has 0 aliphatic carbocycles. The topological polar surface area (TPSA) is 106 Å². The molecule has 30 heavy (non-hydrogen) atoms. The number of rotatable bonds is 4. The fourth-order valence-electron chi connectivity index (χ4n) is 3.66. The Morgan fingerprint density at radius 1 is 1.37 bits per heavy atom. The molecular formula is C18H25F3N2O6S. The zero-order valence-corrected chi connectivity index (χ0v) is 17.3. The third-order valence-electron chi connectivity index (χ3n) is 5.44. The van der Waals surface area contributed by atoms with E-state index in [9.17, 15) is 21.6 Å². The van der Waals surface area contributed by atoms with Gasteiger partial charge in [0.05, 0.1) is 25.7 Å². The van der Waals surface area contributed by atoms with Crippen LogP contribution in [0.15, 0.2) is 24.5 Å². The number of hydrogen-bond acceptors (Lipinski definition) is 6. The maximum Gasteiger partial charge on any atom is 0.490 e. The van der Waals surface area contributed by atoms with E-state index >= 15 is 0 Å². The van der Waals surface area contributed by atoms with Gasteiger partial charge in [-0.05, 0) is 36.8 Å². The lowest BCUT2D eigenvalue weighted by Crippen LogP contribution is -2.50. The van der Waals surface area contributed by atoms with Crippen molar-refractivity contribution in [3.05, 3.63) is 24.5 Å². The number of ether oxygens (including phenoxy) is 2. The van der Waals surface area contributed by atoms with Crippen molar-refractivity contribution in [2.24, 2.45) is 11.3 Å². The Morgan fingerprint density at radius 2 is 2.00 bits per heavy atom. The summed E-state index contributed by atoms with van der Waals surface area (Å²) < 4.78 is 68.3. The summed E-state index contributed by atoms with van der Waals surface area (Å²) >= 11 is 0. The van der Waals surface area contributed by atoms with Crippen LogP contribution in [-0.2, 0) is 19.6 Å². The Hall–Kier alpha value is -1.92. The molecule has 1 aromatic heterocycles. The van der Waals surface area contributed by atoms with Crippen molar-refractivity contribution >= 4 is 16.0 Å². The second kappa shape index (κ2) is 9.92. The molecule has 2 aliphatic heterocycles. The molecule has 3 rings (SSSR count). The standard InChI is InChI=1S/C16H24N2O4S.C2HF3O2/c1-23(19,20)18-8-4-16(5-9-18)6-10-21-12-14(16)13-22-15-3-2-7-17-11-15;3-2(4,5)1(6)7/h2-3,7,11,14H,4-6,8-10,12-13H2,1H3;(H,6,7). The molecular weight excluding hydrogens is 429 g/mol. The highest BCUT2D eigenvalue weighted by molar-refractivity contribution is 7.88. The van der Waals surface area contributed by atoms with Gasteiger partial charge in [-0.1, -0.05) is 0 Å². The Kier molecular flexibility index (Phi) is 8.06. The minimum Gasteiger partial charge on any atom is -0.492 e. The van der Waals surface area contributed by atoms with Crippen molar-refractivity contribution < 1.29 is 41.0 Å². The van der Waals surface area contributed by atoms with Crippen molar-refractivity contribution in [3.63, 3.8) is 0 Å². The third kappa shape index (κ3) is 6.81. The monoisotopic (exact) mass is 454 g/mol. The fraction of sp³-hybridized carbons (Fsp3) is 0.667.